The first-order valence-corrected chi connectivity index (χ1v) is 5.84. The van der Waals surface area contributed by atoms with E-state index >= 15 is 0 Å². The number of carboxylic acids is 1. The van der Waals surface area contributed by atoms with Crippen molar-refractivity contribution in [3.8, 4) is 0 Å². The molecule has 4 nitrogen and oxygen atoms in total. The van der Waals surface area contributed by atoms with Crippen LogP contribution in [0.4, 0.5) is 0 Å². The summed E-state index contributed by atoms with van der Waals surface area (Å²) in [5, 5.41) is 11.7. The van der Waals surface area contributed by atoms with Crippen molar-refractivity contribution >= 4 is 11.9 Å². The normalized spacial score (nSPS) is 18.3. The molecule has 1 amide bonds. The highest BCUT2D eigenvalue weighted by Gasteiger charge is 2.27. The number of carbonyl (C=O) groups excluding carboxylic acids is 1. The molecular formula is C12H23NO3. The molecule has 2 N–H and O–H groups in total. The molecule has 0 aromatic rings. The molecule has 0 aliphatic rings. The summed E-state index contributed by atoms with van der Waals surface area (Å²) in [6, 6.07) is 0.0842. The van der Waals surface area contributed by atoms with Crippen molar-refractivity contribution in [3.05, 3.63) is 0 Å². The predicted molar refractivity (Wildman–Crippen MR) is 63.0 cm³/mol. The van der Waals surface area contributed by atoms with Gasteiger partial charge in [-0.05, 0) is 12.8 Å². The van der Waals surface area contributed by atoms with Crippen LogP contribution in [0.3, 0.4) is 0 Å². The molecule has 0 saturated heterocycles. The fourth-order valence-electron chi connectivity index (χ4n) is 1.29. The van der Waals surface area contributed by atoms with Gasteiger partial charge in [-0.3, -0.25) is 9.59 Å². The van der Waals surface area contributed by atoms with Gasteiger partial charge in [-0.2, -0.15) is 0 Å². The van der Waals surface area contributed by atoms with E-state index in [2.05, 4.69) is 19.2 Å². The van der Waals surface area contributed by atoms with Gasteiger partial charge in [0.15, 0.2) is 0 Å². The molecule has 0 aromatic heterocycles. The van der Waals surface area contributed by atoms with E-state index in [4.69, 9.17) is 5.11 Å². The highest BCUT2D eigenvalue weighted by molar-refractivity contribution is 5.84. The van der Waals surface area contributed by atoms with Gasteiger partial charge in [-0.15, -0.1) is 0 Å². The minimum atomic E-state index is -0.932. The summed E-state index contributed by atoms with van der Waals surface area (Å²) in [6.07, 6.45) is 0.990. The lowest BCUT2D eigenvalue weighted by molar-refractivity contribution is -0.146. The summed E-state index contributed by atoms with van der Waals surface area (Å²) in [5.41, 5.74) is 0. The smallest absolute Gasteiger partial charge is 0.307 e. The monoisotopic (exact) mass is 229 g/mol. The van der Waals surface area contributed by atoms with E-state index in [-0.39, 0.29) is 11.9 Å². The van der Waals surface area contributed by atoms with Crippen LogP contribution in [0.5, 0.6) is 0 Å². The van der Waals surface area contributed by atoms with Crippen LogP contribution >= 0.6 is 0 Å². The van der Waals surface area contributed by atoms with Crippen molar-refractivity contribution in [2.24, 2.45) is 17.8 Å². The van der Waals surface area contributed by atoms with E-state index in [0.29, 0.717) is 5.92 Å². The van der Waals surface area contributed by atoms with Crippen LogP contribution in [0.1, 0.15) is 41.0 Å². The van der Waals surface area contributed by atoms with E-state index in [1.54, 1.807) is 13.8 Å². The van der Waals surface area contributed by atoms with Crippen molar-refractivity contribution in [1.82, 2.24) is 5.32 Å². The van der Waals surface area contributed by atoms with E-state index in [9.17, 15) is 9.59 Å². The van der Waals surface area contributed by atoms with Crippen LogP contribution < -0.4 is 5.32 Å². The maximum absolute atomic E-state index is 11.7. The molecular weight excluding hydrogens is 206 g/mol. The highest BCUT2D eigenvalue weighted by atomic mass is 16.4. The first kappa shape index (κ1) is 14.9. The number of amides is 1. The summed E-state index contributed by atoms with van der Waals surface area (Å²) < 4.78 is 0. The van der Waals surface area contributed by atoms with Gasteiger partial charge in [0.2, 0.25) is 5.91 Å². The zero-order valence-electron chi connectivity index (χ0n) is 10.8. The maximum atomic E-state index is 11.7. The van der Waals surface area contributed by atoms with Crippen LogP contribution in [0.2, 0.25) is 0 Å². The Hall–Kier alpha value is -1.06. The third kappa shape index (κ3) is 4.21. The highest BCUT2D eigenvalue weighted by Crippen LogP contribution is 2.13. The lowest BCUT2D eigenvalue weighted by Crippen LogP contribution is -2.42. The van der Waals surface area contributed by atoms with Crippen LogP contribution in [-0.4, -0.2) is 23.0 Å². The fraction of sp³-hybridized carbons (Fsp3) is 0.833. The van der Waals surface area contributed by atoms with E-state index < -0.39 is 17.8 Å². The van der Waals surface area contributed by atoms with E-state index in [1.165, 1.54) is 0 Å². The molecule has 0 aromatic carbocycles. The quantitative estimate of drug-likeness (QED) is 0.731. The second-order valence-electron chi connectivity index (χ2n) is 4.60. The SMILES string of the molecule is CCC(C)C(C)NC(=O)C(C)C(C)C(=O)O. The minimum absolute atomic E-state index is 0.0842. The Labute approximate surface area is 97.4 Å². The molecule has 4 heteroatoms. The predicted octanol–water partition coefficient (Wildman–Crippen LogP) is 1.89. The van der Waals surface area contributed by atoms with Crippen LogP contribution in [0, 0.1) is 17.8 Å². The van der Waals surface area contributed by atoms with Gasteiger partial charge < -0.3 is 10.4 Å². The van der Waals surface area contributed by atoms with Gasteiger partial charge in [0.05, 0.1) is 5.92 Å². The van der Waals surface area contributed by atoms with E-state index in [0.717, 1.165) is 6.42 Å². The number of hydrogen-bond acceptors (Lipinski definition) is 2. The first-order chi connectivity index (χ1) is 7.31. The molecule has 0 spiro atoms. The maximum Gasteiger partial charge on any atom is 0.307 e. The summed E-state index contributed by atoms with van der Waals surface area (Å²) in [4.78, 5) is 22.5. The Bertz CT molecular complexity index is 253. The largest absolute Gasteiger partial charge is 0.481 e. The number of rotatable bonds is 6. The Morgan fingerprint density at radius 3 is 2.00 bits per heavy atom. The molecule has 0 saturated carbocycles. The molecule has 16 heavy (non-hydrogen) atoms. The Kier molecular flexibility index (Phi) is 6.08. The Morgan fingerprint density at radius 2 is 1.62 bits per heavy atom. The third-order valence-corrected chi connectivity index (χ3v) is 3.42. The zero-order valence-corrected chi connectivity index (χ0v) is 10.8. The number of carboxylic acid groups (broad SMARTS) is 1. The minimum Gasteiger partial charge on any atom is -0.481 e. The summed E-state index contributed by atoms with van der Waals surface area (Å²) >= 11 is 0. The second kappa shape index (κ2) is 6.51. The zero-order chi connectivity index (χ0) is 12.9. The van der Waals surface area contributed by atoms with Crippen molar-refractivity contribution in [3.63, 3.8) is 0 Å². The lowest BCUT2D eigenvalue weighted by atomic mass is 9.94. The van der Waals surface area contributed by atoms with Gasteiger partial charge in [0.1, 0.15) is 0 Å². The van der Waals surface area contributed by atoms with Crippen molar-refractivity contribution in [1.29, 1.82) is 0 Å². The van der Waals surface area contributed by atoms with E-state index in [1.807, 2.05) is 6.92 Å². The number of nitrogens with one attached hydrogen (secondary N) is 1. The van der Waals surface area contributed by atoms with Gasteiger partial charge >= 0.3 is 5.97 Å². The van der Waals surface area contributed by atoms with Crippen LogP contribution in [0.25, 0.3) is 0 Å². The average molecular weight is 229 g/mol. The molecule has 0 radical (unpaired) electrons. The van der Waals surface area contributed by atoms with Crippen molar-refractivity contribution in [2.75, 3.05) is 0 Å². The Morgan fingerprint density at radius 1 is 1.12 bits per heavy atom. The summed E-state index contributed by atoms with van der Waals surface area (Å²) in [6.45, 7) is 9.29. The van der Waals surface area contributed by atoms with Crippen molar-refractivity contribution in [2.45, 2.75) is 47.1 Å². The molecule has 0 rings (SSSR count). The topological polar surface area (TPSA) is 66.4 Å². The molecule has 94 valence electrons. The molecule has 4 unspecified atom stereocenters. The Balaban J connectivity index is 4.30. The standard InChI is InChI=1S/C12H23NO3/c1-6-7(2)10(5)13-11(14)8(3)9(4)12(15)16/h7-10H,6H2,1-5H3,(H,13,14)(H,15,16). The average Bonchev–Trinajstić information content (AvgIpc) is 2.25. The molecule has 0 aliphatic heterocycles. The fourth-order valence-corrected chi connectivity index (χ4v) is 1.29. The lowest BCUT2D eigenvalue weighted by Gasteiger charge is -2.23. The van der Waals surface area contributed by atoms with Gasteiger partial charge in [0, 0.05) is 12.0 Å². The molecule has 0 heterocycles. The molecule has 0 bridgehead atoms. The third-order valence-electron chi connectivity index (χ3n) is 3.42. The van der Waals surface area contributed by atoms with Gasteiger partial charge in [-0.1, -0.05) is 34.1 Å². The first-order valence-electron chi connectivity index (χ1n) is 5.84. The number of hydrogen-bond donors (Lipinski definition) is 2. The summed E-state index contributed by atoms with van der Waals surface area (Å²) in [5.74, 6) is -1.86. The van der Waals surface area contributed by atoms with Crippen LogP contribution in [0.15, 0.2) is 0 Å². The second-order valence-corrected chi connectivity index (χ2v) is 4.60. The van der Waals surface area contributed by atoms with Gasteiger partial charge in [-0.25, -0.2) is 0 Å². The van der Waals surface area contributed by atoms with Crippen LogP contribution in [-0.2, 0) is 9.59 Å². The molecule has 4 atom stereocenters. The molecule has 0 fully saturated rings. The number of carbonyl (C=O) groups is 2. The van der Waals surface area contributed by atoms with Gasteiger partial charge in [0.25, 0.3) is 0 Å². The number of aliphatic carboxylic acids is 1. The molecule has 0 aliphatic carbocycles. The van der Waals surface area contributed by atoms with Crippen molar-refractivity contribution < 1.29 is 14.7 Å². The summed E-state index contributed by atoms with van der Waals surface area (Å²) in [7, 11) is 0.